The monoisotopic (exact) mass is 587 g/mol. The number of fused-ring (bicyclic) bond motifs is 1. The van der Waals surface area contributed by atoms with Gasteiger partial charge < -0.3 is 19.5 Å². The zero-order valence-electron chi connectivity index (χ0n) is 23.8. The number of hydrogen-bond donors (Lipinski definition) is 1. The van der Waals surface area contributed by atoms with E-state index >= 15 is 0 Å². The van der Waals surface area contributed by atoms with Gasteiger partial charge in [0.15, 0.2) is 0 Å². The van der Waals surface area contributed by atoms with E-state index in [-0.39, 0.29) is 55.1 Å². The number of amides is 2. The summed E-state index contributed by atoms with van der Waals surface area (Å²) in [6.07, 6.45) is 5.31. The van der Waals surface area contributed by atoms with Gasteiger partial charge in [0.2, 0.25) is 5.91 Å². The van der Waals surface area contributed by atoms with E-state index in [9.17, 15) is 19.2 Å². The lowest BCUT2D eigenvalue weighted by Gasteiger charge is -2.42. The summed E-state index contributed by atoms with van der Waals surface area (Å²) in [5.74, 6) is -1.08. The van der Waals surface area contributed by atoms with Crippen molar-refractivity contribution < 1.29 is 19.1 Å². The number of nitrogens with one attached hydrogen (secondary N) is 1. The zero-order chi connectivity index (χ0) is 29.0. The summed E-state index contributed by atoms with van der Waals surface area (Å²) < 4.78 is 7.02. The van der Waals surface area contributed by atoms with E-state index in [1.54, 1.807) is 25.4 Å². The first-order valence-electron chi connectivity index (χ1n) is 14.0. The van der Waals surface area contributed by atoms with Gasteiger partial charge in [-0.25, -0.2) is 0 Å². The minimum absolute atomic E-state index is 0. The highest BCUT2D eigenvalue weighted by Crippen LogP contribution is 2.48. The van der Waals surface area contributed by atoms with Crippen molar-refractivity contribution in [1.29, 1.82) is 0 Å². The van der Waals surface area contributed by atoms with Gasteiger partial charge in [0, 0.05) is 32.4 Å². The molecule has 1 aliphatic heterocycles. The molecular weight excluding hydrogens is 550 g/mol. The number of esters is 1. The largest absolute Gasteiger partial charge is 0.461 e. The van der Waals surface area contributed by atoms with Crippen LogP contribution in [0.25, 0.3) is 0 Å². The summed E-state index contributed by atoms with van der Waals surface area (Å²) >= 11 is 0. The van der Waals surface area contributed by atoms with Crippen molar-refractivity contribution in [2.75, 3.05) is 19.7 Å². The van der Waals surface area contributed by atoms with Gasteiger partial charge in [-0.05, 0) is 54.5 Å². The first kappa shape index (κ1) is 30.8. The van der Waals surface area contributed by atoms with Crippen LogP contribution in [0.1, 0.15) is 58.6 Å². The molecule has 2 aromatic carbocycles. The van der Waals surface area contributed by atoms with Crippen molar-refractivity contribution in [3.05, 3.63) is 118 Å². The quantitative estimate of drug-likeness (QED) is 0.335. The number of aromatic nitrogens is 1. The van der Waals surface area contributed by atoms with Gasteiger partial charge >= 0.3 is 5.97 Å². The molecule has 220 valence electrons. The van der Waals surface area contributed by atoms with Crippen LogP contribution in [0.5, 0.6) is 0 Å². The molecule has 2 atom stereocenters. The van der Waals surface area contributed by atoms with Gasteiger partial charge in [-0.15, -0.1) is 0 Å². The molecule has 1 N–H and O–H groups in total. The zero-order valence-corrected chi connectivity index (χ0v) is 24.8. The summed E-state index contributed by atoms with van der Waals surface area (Å²) in [6.45, 7) is 4.80. The van der Waals surface area contributed by atoms with Crippen LogP contribution in [0.2, 0.25) is 0 Å². The molecule has 8 nitrogen and oxygen atoms in total. The summed E-state index contributed by atoms with van der Waals surface area (Å²) in [5.41, 5.74) is 1.25. The van der Waals surface area contributed by atoms with Crippen LogP contribution in [-0.2, 0) is 26.8 Å². The molecule has 0 spiro atoms. The number of piperidine rings is 1. The number of rotatable bonds is 7. The molecule has 42 heavy (non-hydrogen) atoms. The highest BCUT2D eigenvalue weighted by atomic mass is 32.1. The van der Waals surface area contributed by atoms with Crippen LogP contribution in [0.4, 0.5) is 0 Å². The number of ether oxygens (including phenoxy) is 1. The summed E-state index contributed by atoms with van der Waals surface area (Å²) in [7, 11) is 1.61. The molecular formula is C33H37N3O5S. The van der Waals surface area contributed by atoms with E-state index in [0.717, 1.165) is 16.7 Å². The third-order valence-corrected chi connectivity index (χ3v) is 8.36. The van der Waals surface area contributed by atoms with E-state index in [1.165, 1.54) is 10.6 Å². The third kappa shape index (κ3) is 5.79. The van der Waals surface area contributed by atoms with Crippen LogP contribution >= 0.6 is 13.5 Å². The van der Waals surface area contributed by atoms with E-state index in [0.29, 0.717) is 38.8 Å². The van der Waals surface area contributed by atoms with Crippen LogP contribution in [-0.4, -0.2) is 53.0 Å². The normalized spacial score (nSPS) is 20.0. The molecule has 1 fully saturated rings. The molecule has 1 saturated heterocycles. The van der Waals surface area contributed by atoms with Gasteiger partial charge in [-0.1, -0.05) is 67.3 Å². The number of benzene rings is 2. The van der Waals surface area contributed by atoms with Gasteiger partial charge in [-0.3, -0.25) is 19.2 Å². The van der Waals surface area contributed by atoms with Crippen molar-refractivity contribution in [3.63, 3.8) is 0 Å². The van der Waals surface area contributed by atoms with Gasteiger partial charge in [-0.2, -0.15) is 13.5 Å². The van der Waals surface area contributed by atoms with E-state index < -0.39 is 11.3 Å². The average Bonchev–Trinajstić information content (AvgIpc) is 3.01. The maximum atomic E-state index is 13.9. The Morgan fingerprint density at radius 3 is 2.40 bits per heavy atom. The summed E-state index contributed by atoms with van der Waals surface area (Å²) in [6, 6.07) is 20.4. The number of hydrogen-bond acceptors (Lipinski definition) is 5. The molecule has 0 unspecified atom stereocenters. The Balaban J connectivity index is 0.00000405. The van der Waals surface area contributed by atoms with E-state index in [4.69, 9.17) is 4.74 Å². The van der Waals surface area contributed by atoms with Crippen LogP contribution in [0.3, 0.4) is 0 Å². The van der Waals surface area contributed by atoms with Gasteiger partial charge in [0.25, 0.3) is 11.5 Å². The molecule has 0 saturated carbocycles. The lowest BCUT2D eigenvalue weighted by molar-refractivity contribution is -0.149. The highest BCUT2D eigenvalue weighted by molar-refractivity contribution is 7.59. The predicted molar refractivity (Wildman–Crippen MR) is 166 cm³/mol. The molecule has 0 radical (unpaired) electrons. The van der Waals surface area contributed by atoms with Crippen LogP contribution in [0, 0.1) is 0 Å². The third-order valence-electron chi connectivity index (χ3n) is 8.36. The average molecular weight is 588 g/mol. The fraction of sp³-hybridized carbons (Fsp3) is 0.333. The topological polar surface area (TPSA) is 97.7 Å². The van der Waals surface area contributed by atoms with Crippen molar-refractivity contribution >= 4 is 31.3 Å². The Bertz CT molecular complexity index is 1510. The van der Waals surface area contributed by atoms with E-state index in [1.807, 2.05) is 59.5 Å². The number of aryl methyl sites for hydroxylation is 1. The van der Waals surface area contributed by atoms with Crippen molar-refractivity contribution in [1.82, 2.24) is 14.8 Å². The van der Waals surface area contributed by atoms with Gasteiger partial charge in [0.05, 0.1) is 5.92 Å². The Hall–Kier alpha value is -4.11. The number of carbonyl (C=O) groups is 3. The van der Waals surface area contributed by atoms with Gasteiger partial charge in [0.1, 0.15) is 17.6 Å². The lowest BCUT2D eigenvalue weighted by Crippen LogP contribution is -2.50. The molecule has 5 rings (SSSR count). The van der Waals surface area contributed by atoms with Crippen molar-refractivity contribution in [3.8, 4) is 0 Å². The second kappa shape index (κ2) is 13.2. The first-order chi connectivity index (χ1) is 19.9. The molecule has 2 aliphatic rings. The fourth-order valence-corrected chi connectivity index (χ4v) is 6.21. The number of nitrogens with zero attached hydrogens (tertiary/aromatic N) is 2. The van der Waals surface area contributed by atoms with Crippen molar-refractivity contribution in [2.45, 2.75) is 43.1 Å². The Labute approximate surface area is 252 Å². The molecule has 3 aromatic rings. The molecule has 1 aromatic heterocycles. The first-order valence-corrected chi connectivity index (χ1v) is 14.0. The maximum absolute atomic E-state index is 13.9. The predicted octanol–water partition coefficient (Wildman–Crippen LogP) is 3.81. The second-order valence-electron chi connectivity index (χ2n) is 10.7. The minimum Gasteiger partial charge on any atom is -0.461 e. The summed E-state index contributed by atoms with van der Waals surface area (Å²) in [4.78, 5) is 54.5. The molecule has 2 heterocycles. The smallest absolute Gasteiger partial charge is 0.321 e. The Morgan fingerprint density at radius 2 is 1.69 bits per heavy atom. The number of likely N-dealkylation sites (tertiary alicyclic amines) is 1. The van der Waals surface area contributed by atoms with Crippen LogP contribution in [0.15, 0.2) is 90.4 Å². The Kier molecular flexibility index (Phi) is 9.73. The number of pyridine rings is 1. The molecule has 9 heteroatoms. The fourth-order valence-electron chi connectivity index (χ4n) is 6.21. The minimum atomic E-state index is -1.01. The lowest BCUT2D eigenvalue weighted by atomic mass is 9.63. The van der Waals surface area contributed by atoms with E-state index in [2.05, 4.69) is 11.9 Å². The Morgan fingerprint density at radius 1 is 1.00 bits per heavy atom. The summed E-state index contributed by atoms with van der Waals surface area (Å²) in [5, 5.41) is 2.97. The maximum Gasteiger partial charge on any atom is 0.321 e. The molecule has 0 bridgehead atoms. The SMILES string of the molecule is C=CCOC(=O)[C@@]1(c2ccccc2)CC[C@H](C(=O)N2CCC(NC(=O)c3cccn(C)c3=O)CC2)c2ccccc21.S. The standard InChI is InChI=1S/C33H35N3O5.H2S/c1-3-22-41-32(40)33(23-10-5-4-6-11-23)18-15-26(25-12-7-8-14-28(25)33)31(39)36-20-16-24(17-21-36)34-29(37)27-13-9-19-35(2)30(27)38;/h3-14,19,24,26H,1,15-18,20-22H2,2H3,(H,34,37);1H2/t26-,33+;/m0./s1. The molecule has 1 aliphatic carbocycles. The number of carbonyl (C=O) groups excluding carboxylic acids is 3. The molecule has 2 amide bonds. The van der Waals surface area contributed by atoms with Crippen LogP contribution < -0.4 is 10.9 Å². The second-order valence-corrected chi connectivity index (χ2v) is 10.7. The highest BCUT2D eigenvalue weighted by Gasteiger charge is 2.50. The van der Waals surface area contributed by atoms with Crippen molar-refractivity contribution in [2.24, 2.45) is 7.05 Å².